The second-order valence-electron chi connectivity index (χ2n) is 8.05. The summed E-state index contributed by atoms with van der Waals surface area (Å²) in [6.45, 7) is 12.3. The second-order valence-corrected chi connectivity index (χ2v) is 8.05. The fourth-order valence-electron chi connectivity index (χ4n) is 3.25. The topological polar surface area (TPSA) is 58.1 Å². The van der Waals surface area contributed by atoms with Gasteiger partial charge >= 0.3 is 0 Å². The van der Waals surface area contributed by atoms with Gasteiger partial charge in [0.25, 0.3) is 5.91 Å². The normalized spacial score (nSPS) is 14.6. The van der Waals surface area contributed by atoms with Crippen LogP contribution in [0.4, 0.5) is 11.6 Å². The standard InChI is InChI=1S/C21H28N4O/c1-14-18(15(2)23-20(22-14)25-12-6-7-13-25)24-19(26)16-8-10-17(11-9-16)21(3,4)5/h8-11H,6-7,12-13H2,1-5H3,(H,24,26). The van der Waals surface area contributed by atoms with Gasteiger partial charge in [-0.05, 0) is 49.8 Å². The van der Waals surface area contributed by atoms with Gasteiger partial charge in [-0.15, -0.1) is 0 Å². The fraction of sp³-hybridized carbons (Fsp3) is 0.476. The molecule has 1 N–H and O–H groups in total. The second kappa shape index (κ2) is 7.06. The molecule has 1 saturated heterocycles. The Kier molecular flexibility index (Phi) is 4.99. The summed E-state index contributed by atoms with van der Waals surface area (Å²) in [5.74, 6) is 0.638. The summed E-state index contributed by atoms with van der Waals surface area (Å²) in [6, 6.07) is 7.78. The van der Waals surface area contributed by atoms with E-state index in [9.17, 15) is 4.79 Å². The Bertz CT molecular complexity index is 777. The van der Waals surface area contributed by atoms with Gasteiger partial charge in [0.15, 0.2) is 0 Å². The highest BCUT2D eigenvalue weighted by Gasteiger charge is 2.19. The lowest BCUT2D eigenvalue weighted by molar-refractivity contribution is 0.102. The van der Waals surface area contributed by atoms with Crippen LogP contribution in [0.25, 0.3) is 0 Å². The van der Waals surface area contributed by atoms with E-state index in [1.807, 2.05) is 38.1 Å². The van der Waals surface area contributed by atoms with Crippen LogP contribution in [0.5, 0.6) is 0 Å². The van der Waals surface area contributed by atoms with Gasteiger partial charge in [-0.3, -0.25) is 4.79 Å². The first-order valence-electron chi connectivity index (χ1n) is 9.28. The lowest BCUT2D eigenvalue weighted by atomic mass is 9.87. The number of amides is 1. The molecule has 1 fully saturated rings. The molecule has 0 spiro atoms. The smallest absolute Gasteiger partial charge is 0.255 e. The highest BCUT2D eigenvalue weighted by Crippen LogP contribution is 2.25. The van der Waals surface area contributed by atoms with Crippen molar-refractivity contribution in [2.75, 3.05) is 23.3 Å². The van der Waals surface area contributed by atoms with Gasteiger partial charge in [-0.25, -0.2) is 9.97 Å². The molecule has 0 aliphatic carbocycles. The Hall–Kier alpha value is -2.43. The number of hydrogen-bond acceptors (Lipinski definition) is 4. The van der Waals surface area contributed by atoms with Crippen molar-refractivity contribution in [3.8, 4) is 0 Å². The molecular formula is C21H28N4O. The highest BCUT2D eigenvalue weighted by molar-refractivity contribution is 6.04. The first-order chi connectivity index (χ1) is 12.3. The van der Waals surface area contributed by atoms with E-state index >= 15 is 0 Å². The van der Waals surface area contributed by atoms with Crippen LogP contribution in [0.2, 0.25) is 0 Å². The molecule has 5 heteroatoms. The molecular weight excluding hydrogens is 324 g/mol. The molecule has 1 aliphatic heterocycles. The van der Waals surface area contributed by atoms with Crippen LogP contribution < -0.4 is 10.2 Å². The van der Waals surface area contributed by atoms with Gasteiger partial charge < -0.3 is 10.2 Å². The van der Waals surface area contributed by atoms with Crippen molar-refractivity contribution in [3.63, 3.8) is 0 Å². The average molecular weight is 352 g/mol. The summed E-state index contributed by atoms with van der Waals surface area (Å²) < 4.78 is 0. The Balaban J connectivity index is 1.78. The van der Waals surface area contributed by atoms with E-state index in [1.54, 1.807) is 0 Å². The molecule has 1 amide bonds. The van der Waals surface area contributed by atoms with Crippen LogP contribution in [0, 0.1) is 13.8 Å². The molecule has 5 nitrogen and oxygen atoms in total. The molecule has 0 atom stereocenters. The van der Waals surface area contributed by atoms with E-state index in [-0.39, 0.29) is 11.3 Å². The first-order valence-corrected chi connectivity index (χ1v) is 9.28. The molecule has 26 heavy (non-hydrogen) atoms. The SMILES string of the molecule is Cc1nc(N2CCCC2)nc(C)c1NC(=O)c1ccc(C(C)(C)C)cc1. The Labute approximate surface area is 155 Å². The molecule has 2 aromatic rings. The number of hydrogen-bond donors (Lipinski definition) is 1. The zero-order valence-corrected chi connectivity index (χ0v) is 16.4. The zero-order valence-electron chi connectivity index (χ0n) is 16.4. The van der Waals surface area contributed by atoms with Gasteiger partial charge in [0.1, 0.15) is 0 Å². The third-order valence-corrected chi connectivity index (χ3v) is 4.90. The Morgan fingerprint density at radius 1 is 1.00 bits per heavy atom. The molecule has 0 radical (unpaired) electrons. The van der Waals surface area contributed by atoms with Gasteiger partial charge in [-0.1, -0.05) is 32.9 Å². The average Bonchev–Trinajstić information content (AvgIpc) is 3.11. The summed E-state index contributed by atoms with van der Waals surface area (Å²) in [5, 5.41) is 2.99. The number of aryl methyl sites for hydroxylation is 2. The molecule has 3 rings (SSSR count). The van der Waals surface area contributed by atoms with Crippen molar-refractivity contribution in [2.24, 2.45) is 0 Å². The molecule has 1 aromatic carbocycles. The first kappa shape index (κ1) is 18.4. The van der Waals surface area contributed by atoms with Gasteiger partial charge in [-0.2, -0.15) is 0 Å². The maximum Gasteiger partial charge on any atom is 0.255 e. The van der Waals surface area contributed by atoms with Crippen LogP contribution in [-0.4, -0.2) is 29.0 Å². The minimum absolute atomic E-state index is 0.0709. The molecule has 138 valence electrons. The lowest BCUT2D eigenvalue weighted by Gasteiger charge is -2.20. The van der Waals surface area contributed by atoms with E-state index in [0.29, 0.717) is 11.3 Å². The predicted octanol–water partition coefficient (Wildman–Crippen LogP) is 4.24. The fourth-order valence-corrected chi connectivity index (χ4v) is 3.25. The van der Waals surface area contributed by atoms with E-state index in [0.717, 1.165) is 30.4 Å². The third kappa shape index (κ3) is 3.87. The molecule has 2 heterocycles. The predicted molar refractivity (Wildman–Crippen MR) is 106 cm³/mol. The number of anilines is 2. The maximum absolute atomic E-state index is 12.6. The van der Waals surface area contributed by atoms with E-state index in [2.05, 4.69) is 41.0 Å². The van der Waals surface area contributed by atoms with Crippen LogP contribution >= 0.6 is 0 Å². The molecule has 1 aromatic heterocycles. The summed E-state index contributed by atoms with van der Waals surface area (Å²) >= 11 is 0. The quantitative estimate of drug-likeness (QED) is 0.897. The third-order valence-electron chi connectivity index (χ3n) is 4.90. The van der Waals surface area contributed by atoms with Crippen molar-refractivity contribution < 1.29 is 4.79 Å². The van der Waals surface area contributed by atoms with Crippen LogP contribution in [-0.2, 0) is 5.41 Å². The van der Waals surface area contributed by atoms with Crippen molar-refractivity contribution in [2.45, 2.75) is 52.9 Å². The summed E-state index contributed by atoms with van der Waals surface area (Å²) in [7, 11) is 0. The van der Waals surface area contributed by atoms with Crippen LogP contribution in [0.15, 0.2) is 24.3 Å². The molecule has 0 bridgehead atoms. The summed E-state index contributed by atoms with van der Waals surface area (Å²) in [4.78, 5) is 24.1. The number of carbonyl (C=O) groups excluding carboxylic acids is 1. The number of carbonyl (C=O) groups is 1. The minimum Gasteiger partial charge on any atom is -0.341 e. The van der Waals surface area contributed by atoms with Gasteiger partial charge in [0, 0.05) is 18.7 Å². The van der Waals surface area contributed by atoms with Crippen molar-refractivity contribution in [1.29, 1.82) is 0 Å². The number of benzene rings is 1. The van der Waals surface area contributed by atoms with Gasteiger partial charge in [0.05, 0.1) is 17.1 Å². The number of rotatable bonds is 3. The molecule has 0 unspecified atom stereocenters. The summed E-state index contributed by atoms with van der Waals surface area (Å²) in [5.41, 5.74) is 4.23. The van der Waals surface area contributed by atoms with Crippen molar-refractivity contribution >= 4 is 17.5 Å². The minimum atomic E-state index is -0.130. The number of nitrogens with zero attached hydrogens (tertiary/aromatic N) is 3. The highest BCUT2D eigenvalue weighted by atomic mass is 16.1. The van der Waals surface area contributed by atoms with Crippen LogP contribution in [0.1, 0.15) is 60.9 Å². The molecule has 0 saturated carbocycles. The monoisotopic (exact) mass is 352 g/mol. The Morgan fingerprint density at radius 3 is 2.04 bits per heavy atom. The van der Waals surface area contributed by atoms with E-state index < -0.39 is 0 Å². The lowest BCUT2D eigenvalue weighted by Crippen LogP contribution is -2.22. The summed E-state index contributed by atoms with van der Waals surface area (Å²) in [6.07, 6.45) is 2.37. The largest absolute Gasteiger partial charge is 0.341 e. The van der Waals surface area contributed by atoms with Gasteiger partial charge in [0.2, 0.25) is 5.95 Å². The molecule has 1 aliphatic rings. The zero-order chi connectivity index (χ0) is 18.9. The van der Waals surface area contributed by atoms with Crippen molar-refractivity contribution in [1.82, 2.24) is 9.97 Å². The Morgan fingerprint density at radius 2 is 1.54 bits per heavy atom. The van der Waals surface area contributed by atoms with Crippen molar-refractivity contribution in [3.05, 3.63) is 46.8 Å². The van der Waals surface area contributed by atoms with E-state index in [1.165, 1.54) is 18.4 Å². The number of nitrogens with one attached hydrogen (secondary N) is 1. The maximum atomic E-state index is 12.6. The number of aromatic nitrogens is 2. The van der Waals surface area contributed by atoms with E-state index in [4.69, 9.17) is 0 Å². The van der Waals surface area contributed by atoms with Crippen LogP contribution in [0.3, 0.4) is 0 Å².